The van der Waals surface area contributed by atoms with Crippen LogP contribution < -0.4 is 5.32 Å². The van der Waals surface area contributed by atoms with Gasteiger partial charge in [0.2, 0.25) is 5.91 Å². The number of aryl methyl sites for hydroxylation is 2. The molecule has 0 radical (unpaired) electrons. The molecule has 1 aliphatic heterocycles. The smallest absolute Gasteiger partial charge is 0.224 e. The molecule has 140 valence electrons. The first-order valence-corrected chi connectivity index (χ1v) is 8.79. The van der Waals surface area contributed by atoms with Gasteiger partial charge < -0.3 is 14.9 Å². The van der Waals surface area contributed by atoms with Gasteiger partial charge in [0.05, 0.1) is 24.3 Å². The molecule has 2 atom stereocenters. The van der Waals surface area contributed by atoms with Gasteiger partial charge in [-0.25, -0.2) is 4.39 Å². The first-order chi connectivity index (χ1) is 12.4. The van der Waals surface area contributed by atoms with Crippen molar-refractivity contribution in [2.45, 2.75) is 45.4 Å². The Balaban J connectivity index is 1.52. The monoisotopic (exact) mass is 361 g/mol. The number of likely N-dealkylation sites (tertiary alicyclic amines) is 1. The third-order valence-electron chi connectivity index (χ3n) is 4.88. The molecule has 2 aromatic rings. The van der Waals surface area contributed by atoms with E-state index in [1.54, 1.807) is 18.2 Å². The average Bonchev–Trinajstić information content (AvgIpc) is 2.91. The molecule has 1 aliphatic rings. The molecule has 6 nitrogen and oxygen atoms in total. The van der Waals surface area contributed by atoms with Gasteiger partial charge in [0.1, 0.15) is 11.6 Å². The van der Waals surface area contributed by atoms with E-state index in [1.807, 2.05) is 13.8 Å². The fraction of sp³-hybridized carbons (Fsp3) is 0.474. The van der Waals surface area contributed by atoms with Gasteiger partial charge in [0.15, 0.2) is 0 Å². The summed E-state index contributed by atoms with van der Waals surface area (Å²) < 4.78 is 18.8. The van der Waals surface area contributed by atoms with Crippen molar-refractivity contribution in [2.24, 2.45) is 0 Å². The molecule has 2 heterocycles. The maximum absolute atomic E-state index is 13.7. The number of carbonyl (C=O) groups excluding carboxylic acids is 1. The minimum atomic E-state index is -0.672. The highest BCUT2D eigenvalue weighted by Gasteiger charge is 2.29. The van der Waals surface area contributed by atoms with E-state index in [4.69, 9.17) is 4.52 Å². The van der Waals surface area contributed by atoms with Crippen LogP contribution >= 0.6 is 0 Å². The second kappa shape index (κ2) is 7.97. The summed E-state index contributed by atoms with van der Waals surface area (Å²) in [6, 6.07) is 5.90. The van der Waals surface area contributed by atoms with Crippen LogP contribution in [-0.2, 0) is 17.8 Å². The summed E-state index contributed by atoms with van der Waals surface area (Å²) in [5.74, 6) is 0.119. The van der Waals surface area contributed by atoms with Crippen molar-refractivity contribution in [3.05, 3.63) is 52.7 Å². The van der Waals surface area contributed by atoms with Crippen molar-refractivity contribution in [3.63, 3.8) is 0 Å². The maximum atomic E-state index is 13.7. The van der Waals surface area contributed by atoms with E-state index >= 15 is 0 Å². The lowest BCUT2D eigenvalue weighted by atomic mass is 10.0. The second-order valence-electron chi connectivity index (χ2n) is 6.84. The van der Waals surface area contributed by atoms with E-state index in [2.05, 4.69) is 15.4 Å². The number of rotatable bonds is 5. The lowest BCUT2D eigenvalue weighted by molar-refractivity contribution is -0.122. The molecule has 0 spiro atoms. The molecule has 0 bridgehead atoms. The van der Waals surface area contributed by atoms with E-state index in [9.17, 15) is 14.3 Å². The average molecular weight is 361 g/mol. The number of β-amino-alcohol motifs (C(OH)–C–C–N with tert-alkyl or cyclic N) is 1. The Morgan fingerprint density at radius 3 is 2.85 bits per heavy atom. The maximum Gasteiger partial charge on any atom is 0.224 e. The van der Waals surface area contributed by atoms with Crippen molar-refractivity contribution in [1.29, 1.82) is 0 Å². The quantitative estimate of drug-likeness (QED) is 0.848. The largest absolute Gasteiger partial charge is 0.390 e. The fourth-order valence-corrected chi connectivity index (χ4v) is 3.33. The van der Waals surface area contributed by atoms with Crippen molar-refractivity contribution < 1.29 is 18.8 Å². The van der Waals surface area contributed by atoms with Gasteiger partial charge in [-0.15, -0.1) is 0 Å². The molecule has 1 amide bonds. The highest BCUT2D eigenvalue weighted by atomic mass is 19.1. The number of hydrogen-bond donors (Lipinski definition) is 2. The van der Waals surface area contributed by atoms with Gasteiger partial charge >= 0.3 is 0 Å². The van der Waals surface area contributed by atoms with Gasteiger partial charge in [0.25, 0.3) is 0 Å². The molecule has 1 saturated heterocycles. The zero-order chi connectivity index (χ0) is 18.7. The van der Waals surface area contributed by atoms with Crippen molar-refractivity contribution in [3.8, 4) is 0 Å². The number of aliphatic hydroxyl groups excluding tert-OH is 1. The van der Waals surface area contributed by atoms with Gasteiger partial charge in [-0.3, -0.25) is 9.69 Å². The first kappa shape index (κ1) is 18.5. The predicted octanol–water partition coefficient (Wildman–Crippen LogP) is 1.72. The molecular formula is C19H24FN3O3. The summed E-state index contributed by atoms with van der Waals surface area (Å²) in [6.45, 7) is 5.63. The highest BCUT2D eigenvalue weighted by molar-refractivity contribution is 5.79. The van der Waals surface area contributed by atoms with Crippen LogP contribution in [0, 0.1) is 19.7 Å². The van der Waals surface area contributed by atoms with E-state index in [-0.39, 0.29) is 18.4 Å². The highest BCUT2D eigenvalue weighted by Crippen LogP contribution is 2.19. The minimum absolute atomic E-state index is 0.0291. The number of aromatic nitrogens is 1. The summed E-state index contributed by atoms with van der Waals surface area (Å²) in [7, 11) is 0. The van der Waals surface area contributed by atoms with Gasteiger partial charge in [0, 0.05) is 25.2 Å². The number of carbonyl (C=O) groups is 1. The van der Waals surface area contributed by atoms with Crippen molar-refractivity contribution >= 4 is 5.91 Å². The Kier molecular flexibility index (Phi) is 5.68. The molecular weight excluding hydrogens is 337 g/mol. The van der Waals surface area contributed by atoms with Crippen LogP contribution in [0.2, 0.25) is 0 Å². The Labute approximate surface area is 152 Å². The molecule has 1 aromatic carbocycles. The van der Waals surface area contributed by atoms with Crippen LogP contribution in [0.5, 0.6) is 0 Å². The lowest BCUT2D eigenvalue weighted by Gasteiger charge is -2.36. The molecule has 2 N–H and O–H groups in total. The predicted molar refractivity (Wildman–Crippen MR) is 93.9 cm³/mol. The van der Waals surface area contributed by atoms with Crippen LogP contribution in [-0.4, -0.2) is 46.3 Å². The third-order valence-corrected chi connectivity index (χ3v) is 4.88. The van der Waals surface area contributed by atoms with E-state index in [1.165, 1.54) is 6.07 Å². The number of nitrogens with one attached hydrogen (secondary N) is 1. The molecule has 0 saturated carbocycles. The van der Waals surface area contributed by atoms with E-state index in [0.717, 1.165) is 23.6 Å². The van der Waals surface area contributed by atoms with Crippen LogP contribution in [0.1, 0.15) is 29.0 Å². The SMILES string of the molecule is Cc1noc(C)c1CN1CC[C@@H](NC(=O)Cc2ccccc2F)[C@H](O)C1. The number of nitrogens with zero attached hydrogens (tertiary/aromatic N) is 2. The Morgan fingerprint density at radius 2 is 2.19 bits per heavy atom. The zero-order valence-corrected chi connectivity index (χ0v) is 15.0. The van der Waals surface area contributed by atoms with Crippen LogP contribution in [0.4, 0.5) is 4.39 Å². The Morgan fingerprint density at radius 1 is 1.42 bits per heavy atom. The Bertz CT molecular complexity index is 758. The summed E-state index contributed by atoms with van der Waals surface area (Å²) in [6.07, 6.45) is -0.0690. The summed E-state index contributed by atoms with van der Waals surface area (Å²) in [5, 5.41) is 17.2. The summed E-state index contributed by atoms with van der Waals surface area (Å²) in [4.78, 5) is 14.3. The second-order valence-corrected chi connectivity index (χ2v) is 6.84. The molecule has 3 rings (SSSR count). The fourth-order valence-electron chi connectivity index (χ4n) is 3.33. The first-order valence-electron chi connectivity index (χ1n) is 8.79. The lowest BCUT2D eigenvalue weighted by Crippen LogP contribution is -2.54. The molecule has 1 fully saturated rings. The van der Waals surface area contributed by atoms with Crippen LogP contribution in [0.25, 0.3) is 0 Å². The number of hydrogen-bond acceptors (Lipinski definition) is 5. The van der Waals surface area contributed by atoms with E-state index in [0.29, 0.717) is 25.1 Å². The topological polar surface area (TPSA) is 78.6 Å². The molecule has 0 unspecified atom stereocenters. The number of aliphatic hydroxyl groups is 1. The number of amides is 1. The van der Waals surface area contributed by atoms with Gasteiger partial charge in [-0.2, -0.15) is 0 Å². The minimum Gasteiger partial charge on any atom is -0.390 e. The molecule has 7 heteroatoms. The normalized spacial score (nSPS) is 20.9. The Hall–Kier alpha value is -2.25. The van der Waals surface area contributed by atoms with Crippen LogP contribution in [0.3, 0.4) is 0 Å². The molecule has 0 aliphatic carbocycles. The molecule has 26 heavy (non-hydrogen) atoms. The van der Waals surface area contributed by atoms with Gasteiger partial charge in [-0.05, 0) is 31.9 Å². The molecule has 1 aromatic heterocycles. The standard InChI is InChI=1S/C19H24FN3O3/c1-12-15(13(2)26-22-12)10-23-8-7-17(18(24)11-23)21-19(25)9-14-5-3-4-6-16(14)20/h3-6,17-18,24H,7-11H2,1-2H3,(H,21,25)/t17-,18-/m1/s1. The summed E-state index contributed by atoms with van der Waals surface area (Å²) >= 11 is 0. The van der Waals surface area contributed by atoms with Crippen molar-refractivity contribution in [1.82, 2.24) is 15.4 Å². The number of halogens is 1. The third kappa shape index (κ3) is 4.28. The number of piperidine rings is 1. The van der Waals surface area contributed by atoms with Crippen molar-refractivity contribution in [2.75, 3.05) is 13.1 Å². The zero-order valence-electron chi connectivity index (χ0n) is 15.0. The van der Waals surface area contributed by atoms with Gasteiger partial charge in [-0.1, -0.05) is 23.4 Å². The van der Waals surface area contributed by atoms with E-state index < -0.39 is 11.9 Å². The number of benzene rings is 1. The summed E-state index contributed by atoms with van der Waals surface area (Å²) in [5.41, 5.74) is 2.26. The van der Waals surface area contributed by atoms with Crippen LogP contribution in [0.15, 0.2) is 28.8 Å².